The third kappa shape index (κ3) is 3.03. The Hall–Kier alpha value is -3.02. The number of nitrogens with zero attached hydrogens (tertiary/aromatic N) is 3. The zero-order valence-corrected chi connectivity index (χ0v) is 13.6. The van der Waals surface area contributed by atoms with E-state index in [1.54, 1.807) is 36.7 Å². The van der Waals surface area contributed by atoms with Crippen molar-refractivity contribution in [2.45, 2.75) is 12.8 Å². The molecular weight excluding hydrogens is 319 g/mol. The highest BCUT2D eigenvalue weighted by Crippen LogP contribution is 2.27. The average Bonchev–Trinajstić information content (AvgIpc) is 2.94. The lowest BCUT2D eigenvalue weighted by molar-refractivity contribution is 0.0762. The highest BCUT2D eigenvalue weighted by molar-refractivity contribution is 5.94. The van der Waals surface area contributed by atoms with Crippen LogP contribution in [0.25, 0.3) is 11.3 Å². The summed E-state index contributed by atoms with van der Waals surface area (Å²) in [7, 11) is 0. The SMILES string of the molecule is O=C(c1cccnc1)N1CCc2[nH]nc(-c3ccc(F)cc3)c2CC1. The molecule has 0 atom stereocenters. The zero-order chi connectivity index (χ0) is 17.2. The van der Waals surface area contributed by atoms with Crippen molar-refractivity contribution in [1.82, 2.24) is 20.1 Å². The number of pyridine rings is 1. The van der Waals surface area contributed by atoms with E-state index in [1.165, 1.54) is 12.1 Å². The van der Waals surface area contributed by atoms with E-state index in [0.29, 0.717) is 25.1 Å². The molecule has 1 amide bonds. The fourth-order valence-electron chi connectivity index (χ4n) is 3.20. The second kappa shape index (κ2) is 6.47. The van der Waals surface area contributed by atoms with Gasteiger partial charge in [-0.1, -0.05) is 0 Å². The average molecular weight is 336 g/mol. The number of aromatic nitrogens is 3. The first-order valence-electron chi connectivity index (χ1n) is 8.24. The van der Waals surface area contributed by atoms with Crippen molar-refractivity contribution in [3.63, 3.8) is 0 Å². The number of H-pyrrole nitrogens is 1. The van der Waals surface area contributed by atoms with Gasteiger partial charge < -0.3 is 4.90 Å². The van der Waals surface area contributed by atoms with Gasteiger partial charge in [0.1, 0.15) is 5.82 Å². The summed E-state index contributed by atoms with van der Waals surface area (Å²) in [5.74, 6) is -0.270. The van der Waals surface area contributed by atoms with Crippen LogP contribution in [0.4, 0.5) is 4.39 Å². The van der Waals surface area contributed by atoms with Crippen LogP contribution >= 0.6 is 0 Å². The Kier molecular flexibility index (Phi) is 4.01. The van der Waals surface area contributed by atoms with Gasteiger partial charge in [-0.05, 0) is 42.8 Å². The summed E-state index contributed by atoms with van der Waals surface area (Å²) in [5.41, 5.74) is 4.47. The molecule has 1 aromatic carbocycles. The van der Waals surface area contributed by atoms with E-state index in [-0.39, 0.29) is 11.7 Å². The Balaban J connectivity index is 1.57. The number of halogens is 1. The van der Waals surface area contributed by atoms with Crippen molar-refractivity contribution >= 4 is 5.91 Å². The molecule has 3 heterocycles. The van der Waals surface area contributed by atoms with Crippen molar-refractivity contribution in [3.8, 4) is 11.3 Å². The lowest BCUT2D eigenvalue weighted by atomic mass is 10.0. The van der Waals surface area contributed by atoms with E-state index in [1.807, 2.05) is 4.90 Å². The quantitative estimate of drug-likeness (QED) is 0.783. The monoisotopic (exact) mass is 336 g/mol. The molecule has 0 radical (unpaired) electrons. The second-order valence-corrected chi connectivity index (χ2v) is 6.07. The van der Waals surface area contributed by atoms with Crippen LogP contribution in [-0.2, 0) is 12.8 Å². The van der Waals surface area contributed by atoms with Crippen molar-refractivity contribution < 1.29 is 9.18 Å². The van der Waals surface area contributed by atoms with Gasteiger partial charge in [0.25, 0.3) is 5.91 Å². The number of benzene rings is 1. The summed E-state index contributed by atoms with van der Waals surface area (Å²) in [6.45, 7) is 1.25. The topological polar surface area (TPSA) is 61.9 Å². The van der Waals surface area contributed by atoms with Crippen molar-refractivity contribution in [2.24, 2.45) is 0 Å². The molecule has 0 saturated carbocycles. The number of rotatable bonds is 2. The lowest BCUT2D eigenvalue weighted by Gasteiger charge is -2.20. The minimum Gasteiger partial charge on any atom is -0.338 e. The number of hydrogen-bond acceptors (Lipinski definition) is 3. The fourth-order valence-corrected chi connectivity index (χ4v) is 3.20. The summed E-state index contributed by atoms with van der Waals surface area (Å²) in [4.78, 5) is 18.5. The van der Waals surface area contributed by atoms with Crippen molar-refractivity contribution in [1.29, 1.82) is 0 Å². The molecule has 1 aliphatic rings. The van der Waals surface area contributed by atoms with Gasteiger partial charge in [0.2, 0.25) is 0 Å². The predicted octanol–water partition coefficient (Wildman–Crippen LogP) is 2.85. The van der Waals surface area contributed by atoms with Crippen LogP contribution in [0.1, 0.15) is 21.6 Å². The van der Waals surface area contributed by atoms with Crippen LogP contribution in [0.3, 0.4) is 0 Å². The first-order chi connectivity index (χ1) is 12.2. The zero-order valence-electron chi connectivity index (χ0n) is 13.6. The largest absolute Gasteiger partial charge is 0.338 e. The molecular formula is C19H17FN4O. The van der Waals surface area contributed by atoms with Crippen LogP contribution in [0, 0.1) is 5.82 Å². The van der Waals surface area contributed by atoms with Gasteiger partial charge in [0, 0.05) is 48.7 Å². The highest BCUT2D eigenvalue weighted by atomic mass is 19.1. The van der Waals surface area contributed by atoms with Crippen LogP contribution in [0.2, 0.25) is 0 Å². The molecule has 3 aromatic rings. The summed E-state index contributed by atoms with van der Waals surface area (Å²) in [6, 6.07) is 9.89. The van der Waals surface area contributed by atoms with Crippen LogP contribution < -0.4 is 0 Å². The Morgan fingerprint density at radius 3 is 2.68 bits per heavy atom. The summed E-state index contributed by atoms with van der Waals surface area (Å²) in [5, 5.41) is 7.49. The number of nitrogens with one attached hydrogen (secondary N) is 1. The van der Waals surface area contributed by atoms with E-state index < -0.39 is 0 Å². The first-order valence-corrected chi connectivity index (χ1v) is 8.24. The number of carbonyl (C=O) groups is 1. The van der Waals surface area contributed by atoms with Crippen LogP contribution in [0.15, 0.2) is 48.8 Å². The molecule has 126 valence electrons. The summed E-state index contributed by atoms with van der Waals surface area (Å²) in [6.07, 6.45) is 4.68. The molecule has 0 unspecified atom stereocenters. The number of carbonyl (C=O) groups excluding carboxylic acids is 1. The lowest BCUT2D eigenvalue weighted by Crippen LogP contribution is -2.33. The Labute approximate surface area is 144 Å². The maximum Gasteiger partial charge on any atom is 0.255 e. The van der Waals surface area contributed by atoms with E-state index >= 15 is 0 Å². The van der Waals surface area contributed by atoms with Crippen LogP contribution in [0.5, 0.6) is 0 Å². The minimum absolute atomic E-state index is 0.00505. The number of aromatic amines is 1. The van der Waals surface area contributed by atoms with Gasteiger partial charge in [-0.3, -0.25) is 14.9 Å². The molecule has 0 bridgehead atoms. The fraction of sp³-hybridized carbons (Fsp3) is 0.211. The van der Waals surface area contributed by atoms with Crippen molar-refractivity contribution in [2.75, 3.05) is 13.1 Å². The van der Waals surface area contributed by atoms with Gasteiger partial charge in [-0.15, -0.1) is 0 Å². The van der Waals surface area contributed by atoms with E-state index in [4.69, 9.17) is 0 Å². The van der Waals surface area contributed by atoms with Gasteiger partial charge in [-0.25, -0.2) is 4.39 Å². The third-order valence-electron chi connectivity index (χ3n) is 4.53. The third-order valence-corrected chi connectivity index (χ3v) is 4.53. The van der Waals surface area contributed by atoms with Gasteiger partial charge in [0.15, 0.2) is 0 Å². The summed E-state index contributed by atoms with van der Waals surface area (Å²) >= 11 is 0. The Bertz CT molecular complexity index is 890. The first kappa shape index (κ1) is 15.5. The van der Waals surface area contributed by atoms with E-state index in [9.17, 15) is 9.18 Å². The molecule has 2 aromatic heterocycles. The summed E-state index contributed by atoms with van der Waals surface area (Å²) < 4.78 is 13.2. The number of hydrogen-bond donors (Lipinski definition) is 1. The highest BCUT2D eigenvalue weighted by Gasteiger charge is 2.23. The normalized spacial score (nSPS) is 14.0. The standard InChI is InChI=1S/C19H17FN4O/c20-15-5-3-13(4-6-15)18-16-7-10-24(11-8-17(16)22-23-18)19(25)14-2-1-9-21-12-14/h1-6,9,12H,7-8,10-11H2,(H,22,23). The minimum atomic E-state index is -0.265. The van der Waals surface area contributed by atoms with E-state index in [2.05, 4.69) is 15.2 Å². The number of amides is 1. The Morgan fingerprint density at radius 2 is 1.92 bits per heavy atom. The molecule has 6 heteroatoms. The molecule has 25 heavy (non-hydrogen) atoms. The molecule has 0 saturated heterocycles. The molecule has 0 fully saturated rings. The molecule has 0 aliphatic carbocycles. The Morgan fingerprint density at radius 1 is 1.12 bits per heavy atom. The van der Waals surface area contributed by atoms with Gasteiger partial charge in [0.05, 0.1) is 11.3 Å². The number of fused-ring (bicyclic) bond motifs is 1. The van der Waals surface area contributed by atoms with Gasteiger partial charge >= 0.3 is 0 Å². The second-order valence-electron chi connectivity index (χ2n) is 6.07. The van der Waals surface area contributed by atoms with Gasteiger partial charge in [-0.2, -0.15) is 5.10 Å². The molecule has 1 aliphatic heterocycles. The molecule has 5 nitrogen and oxygen atoms in total. The smallest absolute Gasteiger partial charge is 0.255 e. The predicted molar refractivity (Wildman–Crippen MR) is 91.5 cm³/mol. The van der Waals surface area contributed by atoms with E-state index in [0.717, 1.165) is 28.9 Å². The molecule has 0 spiro atoms. The maximum absolute atomic E-state index is 13.2. The maximum atomic E-state index is 13.2. The molecule has 4 rings (SSSR count). The van der Waals surface area contributed by atoms with Crippen molar-refractivity contribution in [3.05, 3.63) is 71.4 Å². The van der Waals surface area contributed by atoms with Crippen LogP contribution in [-0.4, -0.2) is 39.1 Å². The molecule has 1 N–H and O–H groups in total.